The Balaban J connectivity index is 1.95. The number of aliphatic hydroxyl groups excluding tert-OH is 1. The molecule has 0 atom stereocenters. The topological polar surface area (TPSA) is 57.6 Å². The van der Waals surface area contributed by atoms with Crippen LogP contribution in [0.1, 0.15) is 43.2 Å². The highest BCUT2D eigenvalue weighted by molar-refractivity contribution is 7.88. The molecule has 0 unspecified atom stereocenters. The number of hydrogen-bond acceptors (Lipinski definition) is 3. The number of aliphatic hydroxyl groups is 1. The van der Waals surface area contributed by atoms with Gasteiger partial charge >= 0.3 is 0 Å². The summed E-state index contributed by atoms with van der Waals surface area (Å²) in [7, 11) is -1.57. The molecule has 0 heterocycles. The van der Waals surface area contributed by atoms with Gasteiger partial charge in [-0.25, -0.2) is 12.7 Å². The molecule has 0 spiro atoms. The van der Waals surface area contributed by atoms with Gasteiger partial charge in [-0.2, -0.15) is 0 Å². The molecule has 21 heavy (non-hydrogen) atoms. The Morgan fingerprint density at radius 2 is 1.67 bits per heavy atom. The van der Waals surface area contributed by atoms with E-state index >= 15 is 0 Å². The third-order valence-corrected chi connectivity index (χ3v) is 6.07. The Labute approximate surface area is 127 Å². The van der Waals surface area contributed by atoms with E-state index in [1.54, 1.807) is 31.3 Å². The van der Waals surface area contributed by atoms with Crippen LogP contribution in [0.3, 0.4) is 0 Å². The molecule has 0 aromatic heterocycles. The fourth-order valence-corrected chi connectivity index (χ4v) is 4.18. The summed E-state index contributed by atoms with van der Waals surface area (Å²) in [6, 6.07) is 7.09. The first-order valence-corrected chi connectivity index (χ1v) is 9.25. The first-order valence-electron chi connectivity index (χ1n) is 7.64. The minimum Gasteiger partial charge on any atom is -0.392 e. The molecule has 1 fully saturated rings. The minimum absolute atomic E-state index is 0.0192. The Morgan fingerprint density at radius 1 is 1.10 bits per heavy atom. The van der Waals surface area contributed by atoms with Crippen molar-refractivity contribution in [2.24, 2.45) is 5.92 Å². The lowest BCUT2D eigenvalue weighted by Gasteiger charge is -2.26. The fourth-order valence-electron chi connectivity index (χ4n) is 2.91. The number of hydrogen-bond donors (Lipinski definition) is 1. The first-order chi connectivity index (χ1) is 10.0. The van der Waals surface area contributed by atoms with Crippen molar-refractivity contribution < 1.29 is 13.5 Å². The van der Waals surface area contributed by atoms with Gasteiger partial charge in [-0.1, -0.05) is 43.5 Å². The van der Waals surface area contributed by atoms with E-state index in [-0.39, 0.29) is 12.4 Å². The van der Waals surface area contributed by atoms with Crippen LogP contribution in [-0.4, -0.2) is 31.4 Å². The molecular formula is C16H25NO3S. The zero-order valence-corrected chi connectivity index (χ0v) is 13.5. The maximum Gasteiger partial charge on any atom is 0.218 e. The second kappa shape index (κ2) is 7.38. The summed E-state index contributed by atoms with van der Waals surface area (Å²) in [5.41, 5.74) is 1.56. The second-order valence-electron chi connectivity index (χ2n) is 6.02. The molecule has 1 aromatic rings. The maximum atomic E-state index is 12.4. The van der Waals surface area contributed by atoms with Crippen LogP contribution in [-0.2, 0) is 22.4 Å². The molecule has 0 amide bonds. The summed E-state index contributed by atoms with van der Waals surface area (Å²) in [5, 5.41) is 9.01. The molecule has 4 nitrogen and oxygen atoms in total. The lowest BCUT2D eigenvalue weighted by molar-refractivity contribution is 0.282. The molecule has 118 valence electrons. The molecule has 2 rings (SSSR count). The summed E-state index contributed by atoms with van der Waals surface area (Å²) < 4.78 is 26.3. The zero-order chi connectivity index (χ0) is 15.3. The van der Waals surface area contributed by atoms with Crippen molar-refractivity contribution in [3.8, 4) is 0 Å². The Morgan fingerprint density at radius 3 is 2.24 bits per heavy atom. The number of benzene rings is 1. The number of sulfonamides is 1. The van der Waals surface area contributed by atoms with E-state index < -0.39 is 10.0 Å². The molecule has 0 aliphatic heterocycles. The highest BCUT2D eigenvalue weighted by atomic mass is 32.2. The lowest BCUT2D eigenvalue weighted by Crippen LogP contribution is -2.33. The van der Waals surface area contributed by atoms with Gasteiger partial charge in [-0.05, 0) is 29.9 Å². The van der Waals surface area contributed by atoms with E-state index in [0.29, 0.717) is 12.5 Å². The third kappa shape index (κ3) is 4.80. The Kier molecular flexibility index (Phi) is 5.79. The second-order valence-corrected chi connectivity index (χ2v) is 8.09. The van der Waals surface area contributed by atoms with Gasteiger partial charge < -0.3 is 5.11 Å². The lowest BCUT2D eigenvalue weighted by atomic mass is 9.89. The summed E-state index contributed by atoms with van der Waals surface area (Å²) >= 11 is 0. The number of nitrogens with zero attached hydrogens (tertiary/aromatic N) is 1. The van der Waals surface area contributed by atoms with E-state index in [9.17, 15) is 8.42 Å². The van der Waals surface area contributed by atoms with Gasteiger partial charge in [-0.3, -0.25) is 0 Å². The van der Waals surface area contributed by atoms with E-state index in [1.165, 1.54) is 23.6 Å². The Hall–Kier alpha value is -0.910. The van der Waals surface area contributed by atoms with E-state index in [2.05, 4.69) is 0 Å². The van der Waals surface area contributed by atoms with Gasteiger partial charge in [0.05, 0.1) is 12.4 Å². The van der Waals surface area contributed by atoms with Crippen molar-refractivity contribution in [3.63, 3.8) is 0 Å². The van der Waals surface area contributed by atoms with E-state index in [4.69, 9.17) is 5.11 Å². The highest BCUT2D eigenvalue weighted by Crippen LogP contribution is 2.25. The average Bonchev–Trinajstić information content (AvgIpc) is 2.48. The standard InChI is InChI=1S/C16H25NO3S/c1-17(11-14-5-3-2-4-6-14)21(19,20)13-16-9-7-15(12-18)8-10-16/h7-10,14,18H,2-6,11-13H2,1H3. The van der Waals surface area contributed by atoms with Crippen molar-refractivity contribution in [1.82, 2.24) is 4.31 Å². The van der Waals surface area contributed by atoms with Crippen LogP contribution in [0.15, 0.2) is 24.3 Å². The molecule has 1 N–H and O–H groups in total. The quantitative estimate of drug-likeness (QED) is 0.878. The molecule has 0 bridgehead atoms. The van der Waals surface area contributed by atoms with Crippen LogP contribution in [0.2, 0.25) is 0 Å². The van der Waals surface area contributed by atoms with Crippen LogP contribution < -0.4 is 0 Å². The van der Waals surface area contributed by atoms with Gasteiger partial charge in [0.1, 0.15) is 0 Å². The molecule has 1 aromatic carbocycles. The predicted octanol–water partition coefficient (Wildman–Crippen LogP) is 2.52. The van der Waals surface area contributed by atoms with Crippen LogP contribution in [0.5, 0.6) is 0 Å². The molecule has 1 saturated carbocycles. The summed E-state index contributed by atoms with van der Waals surface area (Å²) in [4.78, 5) is 0. The van der Waals surface area contributed by atoms with E-state index in [1.807, 2.05) is 0 Å². The smallest absolute Gasteiger partial charge is 0.218 e. The zero-order valence-electron chi connectivity index (χ0n) is 12.7. The van der Waals surface area contributed by atoms with Crippen molar-refractivity contribution >= 4 is 10.0 Å². The molecule has 0 saturated heterocycles. The van der Waals surface area contributed by atoms with Crippen molar-refractivity contribution in [2.75, 3.05) is 13.6 Å². The van der Waals surface area contributed by atoms with Crippen LogP contribution in [0, 0.1) is 5.92 Å². The predicted molar refractivity (Wildman–Crippen MR) is 84.2 cm³/mol. The van der Waals surface area contributed by atoms with E-state index in [0.717, 1.165) is 24.0 Å². The molecule has 5 heteroatoms. The molecular weight excluding hydrogens is 286 g/mol. The average molecular weight is 311 g/mol. The number of rotatable bonds is 6. The minimum atomic E-state index is -3.26. The van der Waals surface area contributed by atoms with Crippen LogP contribution in [0.4, 0.5) is 0 Å². The van der Waals surface area contributed by atoms with Crippen molar-refractivity contribution in [2.45, 2.75) is 44.5 Å². The SMILES string of the molecule is CN(CC1CCCCC1)S(=O)(=O)Cc1ccc(CO)cc1. The van der Waals surface area contributed by atoms with Crippen LogP contribution in [0.25, 0.3) is 0 Å². The molecule has 0 radical (unpaired) electrons. The van der Waals surface area contributed by atoms with Gasteiger partial charge in [0, 0.05) is 13.6 Å². The van der Waals surface area contributed by atoms with Gasteiger partial charge in [0.25, 0.3) is 0 Å². The largest absolute Gasteiger partial charge is 0.392 e. The first kappa shape index (κ1) is 16.5. The van der Waals surface area contributed by atoms with Crippen molar-refractivity contribution in [3.05, 3.63) is 35.4 Å². The normalized spacial score (nSPS) is 17.3. The Bertz CT molecular complexity index is 533. The highest BCUT2D eigenvalue weighted by Gasteiger charge is 2.23. The monoisotopic (exact) mass is 311 g/mol. The summed E-state index contributed by atoms with van der Waals surface area (Å²) in [6.07, 6.45) is 6.02. The van der Waals surface area contributed by atoms with Crippen molar-refractivity contribution in [1.29, 1.82) is 0 Å². The third-order valence-electron chi connectivity index (χ3n) is 4.27. The molecule has 1 aliphatic carbocycles. The van der Waals surface area contributed by atoms with Gasteiger partial charge in [0.2, 0.25) is 10.0 Å². The molecule has 1 aliphatic rings. The van der Waals surface area contributed by atoms with Gasteiger partial charge in [0.15, 0.2) is 0 Å². The van der Waals surface area contributed by atoms with Crippen LogP contribution >= 0.6 is 0 Å². The fraction of sp³-hybridized carbons (Fsp3) is 0.625. The summed E-state index contributed by atoms with van der Waals surface area (Å²) in [5.74, 6) is 0.539. The van der Waals surface area contributed by atoms with Gasteiger partial charge in [-0.15, -0.1) is 0 Å². The summed E-state index contributed by atoms with van der Waals surface area (Å²) in [6.45, 7) is 0.617. The maximum absolute atomic E-state index is 12.4.